The molecule has 5 aromatic rings. The summed E-state index contributed by atoms with van der Waals surface area (Å²) in [5.41, 5.74) is -0.882. The summed E-state index contributed by atoms with van der Waals surface area (Å²) in [6.07, 6.45) is 2.65. The minimum Gasteiger partial charge on any atom is -0.480 e. The number of anilines is 1. The van der Waals surface area contributed by atoms with Gasteiger partial charge in [0.05, 0.1) is 29.5 Å². The van der Waals surface area contributed by atoms with Gasteiger partial charge in [0.25, 0.3) is 5.56 Å². The number of hydrogen-bond acceptors (Lipinski definition) is 6. The highest BCUT2D eigenvalue weighted by Gasteiger charge is 2.24. The fourth-order valence-corrected chi connectivity index (χ4v) is 4.49. The highest BCUT2D eigenvalue weighted by Crippen LogP contribution is 2.28. The van der Waals surface area contributed by atoms with E-state index < -0.39 is 22.9 Å². The predicted molar refractivity (Wildman–Crippen MR) is 137 cm³/mol. The molecular formula is C25H21ClF2N6O3. The van der Waals surface area contributed by atoms with Crippen molar-refractivity contribution in [2.75, 3.05) is 25.1 Å². The van der Waals surface area contributed by atoms with Crippen LogP contribution in [0.2, 0.25) is 5.02 Å². The van der Waals surface area contributed by atoms with E-state index in [1.165, 1.54) is 52.7 Å². The van der Waals surface area contributed by atoms with E-state index in [-0.39, 0.29) is 39.0 Å². The van der Waals surface area contributed by atoms with Crippen LogP contribution >= 0.6 is 11.6 Å². The zero-order valence-corrected chi connectivity index (χ0v) is 20.8. The molecule has 0 aliphatic heterocycles. The highest BCUT2D eigenvalue weighted by atomic mass is 35.5. The number of methoxy groups -OCH3 is 1. The second kappa shape index (κ2) is 9.32. The van der Waals surface area contributed by atoms with Crippen molar-refractivity contribution in [3.63, 3.8) is 0 Å². The van der Waals surface area contributed by atoms with E-state index in [1.54, 1.807) is 6.07 Å². The number of fused-ring (bicyclic) bond motifs is 2. The van der Waals surface area contributed by atoms with E-state index in [0.29, 0.717) is 18.9 Å². The van der Waals surface area contributed by atoms with Crippen molar-refractivity contribution < 1.29 is 13.5 Å². The monoisotopic (exact) mass is 526 g/mol. The fourth-order valence-electron chi connectivity index (χ4n) is 4.32. The lowest BCUT2D eigenvalue weighted by Gasteiger charge is -2.22. The molecule has 0 aliphatic carbocycles. The average Bonchev–Trinajstić information content (AvgIpc) is 3.29. The van der Waals surface area contributed by atoms with Crippen LogP contribution in [0.25, 0.3) is 28.1 Å². The Hall–Kier alpha value is -4.25. The Balaban J connectivity index is 1.97. The van der Waals surface area contributed by atoms with Gasteiger partial charge in [0.1, 0.15) is 34.3 Å². The molecule has 0 bridgehead atoms. The molecule has 0 radical (unpaired) electrons. The van der Waals surface area contributed by atoms with Gasteiger partial charge in [-0.1, -0.05) is 11.6 Å². The summed E-state index contributed by atoms with van der Waals surface area (Å²) >= 11 is 6.06. The van der Waals surface area contributed by atoms with Gasteiger partial charge in [-0.05, 0) is 38.1 Å². The number of ether oxygens (including phenoxy) is 1. The standard InChI is InChI=1S/C25H21ClF2N6O3/c1-4-31(5-2)20-12-18-22(23(30-20)37-3)24(35)34(21-13-29-19-10-14(27)8-9-32(19)21)25(36)33(18)15-6-7-17(28)16(26)11-15/h6-13H,4-5H2,1-3H3. The highest BCUT2D eigenvalue weighted by molar-refractivity contribution is 6.30. The van der Waals surface area contributed by atoms with Crippen molar-refractivity contribution in [1.82, 2.24) is 23.5 Å². The van der Waals surface area contributed by atoms with Crippen molar-refractivity contribution in [2.45, 2.75) is 13.8 Å². The minimum absolute atomic E-state index is 0.0000241. The molecule has 0 aliphatic rings. The molecule has 190 valence electrons. The van der Waals surface area contributed by atoms with Crippen LogP contribution in [0.5, 0.6) is 5.88 Å². The summed E-state index contributed by atoms with van der Waals surface area (Å²) in [5, 5.41) is -0.193. The Bertz CT molecular complexity index is 1790. The first-order chi connectivity index (χ1) is 17.8. The van der Waals surface area contributed by atoms with Gasteiger partial charge in [0, 0.05) is 31.4 Å². The van der Waals surface area contributed by atoms with E-state index in [9.17, 15) is 18.4 Å². The van der Waals surface area contributed by atoms with E-state index in [2.05, 4.69) is 9.97 Å². The van der Waals surface area contributed by atoms with Gasteiger partial charge in [-0.15, -0.1) is 0 Å². The van der Waals surface area contributed by atoms with Gasteiger partial charge in [0.15, 0.2) is 0 Å². The number of halogens is 3. The summed E-state index contributed by atoms with van der Waals surface area (Å²) in [5.74, 6) is -0.631. The first kappa shape index (κ1) is 24.4. The Morgan fingerprint density at radius 3 is 2.49 bits per heavy atom. The lowest BCUT2D eigenvalue weighted by molar-refractivity contribution is 0.402. The molecule has 1 aromatic carbocycles. The molecule has 9 nitrogen and oxygen atoms in total. The number of imidazole rings is 1. The fraction of sp³-hybridized carbons (Fsp3) is 0.200. The zero-order chi connectivity index (χ0) is 26.4. The molecule has 12 heteroatoms. The Morgan fingerprint density at radius 1 is 1.05 bits per heavy atom. The number of rotatable bonds is 6. The predicted octanol–water partition coefficient (Wildman–Crippen LogP) is 3.97. The second-order valence-electron chi connectivity index (χ2n) is 8.10. The molecule has 0 amide bonds. The first-order valence-corrected chi connectivity index (χ1v) is 11.8. The molecule has 4 aromatic heterocycles. The van der Waals surface area contributed by atoms with Crippen molar-refractivity contribution in [1.29, 1.82) is 0 Å². The topological polar surface area (TPSA) is 86.7 Å². The molecular weight excluding hydrogens is 506 g/mol. The maximum absolute atomic E-state index is 14.0. The van der Waals surface area contributed by atoms with E-state index in [4.69, 9.17) is 16.3 Å². The smallest absolute Gasteiger partial charge is 0.342 e. The van der Waals surface area contributed by atoms with E-state index in [1.807, 2.05) is 18.7 Å². The van der Waals surface area contributed by atoms with Crippen LogP contribution in [0.4, 0.5) is 14.6 Å². The van der Waals surface area contributed by atoms with Gasteiger partial charge < -0.3 is 9.64 Å². The normalized spacial score (nSPS) is 11.4. The van der Waals surface area contributed by atoms with Crippen molar-refractivity contribution in [3.05, 3.63) is 86.3 Å². The maximum Gasteiger partial charge on any atom is 0.342 e. The molecule has 5 rings (SSSR count). The third-order valence-corrected chi connectivity index (χ3v) is 6.41. The van der Waals surface area contributed by atoms with E-state index in [0.717, 1.165) is 10.6 Å². The third kappa shape index (κ3) is 3.91. The molecule has 0 saturated heterocycles. The second-order valence-corrected chi connectivity index (χ2v) is 8.51. The molecule has 0 saturated carbocycles. The molecule has 0 N–H and O–H groups in total. The Kier molecular flexibility index (Phi) is 6.16. The van der Waals surface area contributed by atoms with Crippen LogP contribution in [0.15, 0.2) is 58.4 Å². The molecule has 0 spiro atoms. The molecule has 4 heterocycles. The molecule has 0 fully saturated rings. The van der Waals surface area contributed by atoms with Gasteiger partial charge in [-0.2, -0.15) is 4.98 Å². The third-order valence-electron chi connectivity index (χ3n) is 6.12. The van der Waals surface area contributed by atoms with Crippen molar-refractivity contribution >= 4 is 34.0 Å². The molecule has 0 atom stereocenters. The largest absolute Gasteiger partial charge is 0.480 e. The summed E-state index contributed by atoms with van der Waals surface area (Å²) in [4.78, 5) is 38.5. The van der Waals surface area contributed by atoms with Crippen LogP contribution in [0, 0.1) is 11.6 Å². The Morgan fingerprint density at radius 2 is 1.81 bits per heavy atom. The number of nitrogens with zero attached hydrogens (tertiary/aromatic N) is 6. The lowest BCUT2D eigenvalue weighted by atomic mass is 10.2. The summed E-state index contributed by atoms with van der Waals surface area (Å²) < 4.78 is 36.8. The van der Waals surface area contributed by atoms with Gasteiger partial charge >= 0.3 is 5.69 Å². The molecule has 0 unspecified atom stereocenters. The minimum atomic E-state index is -0.773. The number of aromatic nitrogens is 5. The first-order valence-electron chi connectivity index (χ1n) is 11.4. The Labute approximate surface area is 213 Å². The number of pyridine rings is 2. The maximum atomic E-state index is 14.0. The SMILES string of the molecule is CCN(CC)c1cc2c(c(OC)n1)c(=O)n(-c1cnc3cc(F)ccn13)c(=O)n2-c1ccc(F)c(Cl)c1. The average molecular weight is 527 g/mol. The van der Waals surface area contributed by atoms with Gasteiger partial charge in [0.2, 0.25) is 5.88 Å². The molecule has 37 heavy (non-hydrogen) atoms. The van der Waals surface area contributed by atoms with Crippen LogP contribution in [0.3, 0.4) is 0 Å². The van der Waals surface area contributed by atoms with Crippen LogP contribution in [-0.2, 0) is 0 Å². The van der Waals surface area contributed by atoms with Crippen molar-refractivity contribution in [2.24, 2.45) is 0 Å². The van der Waals surface area contributed by atoms with Crippen LogP contribution in [-0.4, -0.2) is 43.7 Å². The van der Waals surface area contributed by atoms with Gasteiger partial charge in [-0.25, -0.2) is 23.1 Å². The van der Waals surface area contributed by atoms with Crippen LogP contribution in [0.1, 0.15) is 13.8 Å². The number of hydrogen-bond donors (Lipinski definition) is 0. The summed E-state index contributed by atoms with van der Waals surface area (Å²) in [6.45, 7) is 5.11. The van der Waals surface area contributed by atoms with Crippen molar-refractivity contribution in [3.8, 4) is 17.4 Å². The lowest BCUT2D eigenvalue weighted by Crippen LogP contribution is -2.39. The quantitative estimate of drug-likeness (QED) is 0.333. The van der Waals surface area contributed by atoms with Gasteiger partial charge in [-0.3, -0.25) is 13.8 Å². The zero-order valence-electron chi connectivity index (χ0n) is 20.1. The van der Waals surface area contributed by atoms with Crippen LogP contribution < -0.4 is 20.9 Å². The number of benzene rings is 1. The summed E-state index contributed by atoms with van der Waals surface area (Å²) in [6, 6.07) is 7.77. The summed E-state index contributed by atoms with van der Waals surface area (Å²) in [7, 11) is 1.37. The van der Waals surface area contributed by atoms with E-state index >= 15 is 0 Å².